The number of nitrogens with one attached hydrogen (secondary N) is 1. The number of para-hydroxylation sites is 2. The maximum Gasteiger partial charge on any atom is 0.334 e. The van der Waals surface area contributed by atoms with Gasteiger partial charge in [0.1, 0.15) is 5.52 Å². The van der Waals surface area contributed by atoms with Crippen molar-refractivity contribution in [1.29, 1.82) is 0 Å². The van der Waals surface area contributed by atoms with Crippen LogP contribution in [0.3, 0.4) is 0 Å². The molecule has 0 aliphatic rings. The standard InChI is InChI=1S/C14H11N5O3S/c1-17-7-6-15-13(17)11-12(14(20)16-8-23)19(22)10-5-3-2-4-9(10)18(11)21/h2-8H,1H3,(H,16,20,23). The minimum absolute atomic E-state index is 0.0787. The van der Waals surface area contributed by atoms with E-state index in [0.29, 0.717) is 9.16 Å². The third kappa shape index (κ3) is 2.27. The lowest BCUT2D eigenvalue weighted by Gasteiger charge is -2.17. The molecular weight excluding hydrogens is 318 g/mol. The molecule has 8 nitrogen and oxygen atoms in total. The van der Waals surface area contributed by atoms with Gasteiger partial charge in [0.25, 0.3) is 11.4 Å². The Kier molecular flexibility index (Phi) is 3.62. The first-order chi connectivity index (χ1) is 11.1. The van der Waals surface area contributed by atoms with Crippen LogP contribution in [0.1, 0.15) is 10.5 Å². The van der Waals surface area contributed by atoms with Crippen molar-refractivity contribution < 1.29 is 9.22 Å². The fraction of sp³-hybridized carbons (Fsp3) is 0.0714. The van der Waals surface area contributed by atoms with Crippen LogP contribution < -0.4 is 9.74 Å². The second-order valence-corrected chi connectivity index (χ2v) is 4.96. The molecule has 0 bridgehead atoms. The molecule has 1 amide bonds. The Morgan fingerprint density at radius 1 is 1.43 bits per heavy atom. The molecule has 0 unspecified atom stereocenters. The number of hydrogen-bond donors (Lipinski definition) is 1. The molecule has 0 saturated heterocycles. The number of hydrogen-bond acceptors (Lipinski definition) is 5. The van der Waals surface area contributed by atoms with Gasteiger partial charge in [-0.05, 0) is 6.07 Å². The van der Waals surface area contributed by atoms with Crippen LogP contribution in [0.25, 0.3) is 22.6 Å². The van der Waals surface area contributed by atoms with Gasteiger partial charge in [-0.1, -0.05) is 24.4 Å². The Labute approximate surface area is 135 Å². The van der Waals surface area contributed by atoms with Crippen LogP contribution in [-0.4, -0.2) is 25.7 Å². The third-order valence-electron chi connectivity index (χ3n) is 3.39. The number of fused-ring (bicyclic) bond motifs is 1. The average Bonchev–Trinajstić information content (AvgIpc) is 2.96. The van der Waals surface area contributed by atoms with Gasteiger partial charge in [0, 0.05) is 30.4 Å². The number of rotatable bonds is 3. The van der Waals surface area contributed by atoms with E-state index in [4.69, 9.17) is 0 Å². The topological polar surface area (TPSA) is 97.9 Å². The zero-order chi connectivity index (χ0) is 16.6. The molecule has 0 spiro atoms. The number of benzene rings is 1. The van der Waals surface area contributed by atoms with Crippen molar-refractivity contribution in [1.82, 2.24) is 19.6 Å². The van der Waals surface area contributed by atoms with Gasteiger partial charge >= 0.3 is 5.69 Å². The predicted molar refractivity (Wildman–Crippen MR) is 87.4 cm³/mol. The van der Waals surface area contributed by atoms with Crippen LogP contribution in [0.4, 0.5) is 0 Å². The van der Waals surface area contributed by atoms with Gasteiger partial charge in [0.05, 0.1) is 9.92 Å². The second kappa shape index (κ2) is 5.61. The van der Waals surface area contributed by atoms with Gasteiger partial charge in [0.15, 0.2) is 5.69 Å². The zero-order valence-corrected chi connectivity index (χ0v) is 12.8. The summed E-state index contributed by atoms with van der Waals surface area (Å²) >= 11 is 4.60. The molecule has 0 radical (unpaired) electrons. The van der Waals surface area contributed by atoms with Crippen LogP contribution in [0.2, 0.25) is 0 Å². The molecule has 3 aromatic rings. The Hall–Kier alpha value is -3.07. The van der Waals surface area contributed by atoms with Crippen LogP contribution in [-0.2, 0) is 7.05 Å². The summed E-state index contributed by atoms with van der Waals surface area (Å²) in [5.41, 5.74) is 0.693. The highest BCUT2D eigenvalue weighted by Crippen LogP contribution is 2.21. The van der Waals surface area contributed by atoms with Crippen LogP contribution in [0.5, 0.6) is 0 Å². The van der Waals surface area contributed by atoms with Crippen molar-refractivity contribution in [2.24, 2.45) is 7.05 Å². The highest BCUT2D eigenvalue weighted by molar-refractivity contribution is 7.78. The normalized spacial score (nSPS) is 10.7. The van der Waals surface area contributed by atoms with Crippen molar-refractivity contribution in [2.75, 3.05) is 0 Å². The van der Waals surface area contributed by atoms with E-state index in [1.165, 1.54) is 18.3 Å². The molecule has 1 aromatic carbocycles. The summed E-state index contributed by atoms with van der Waals surface area (Å²) in [4.78, 5) is 29.1. The molecular formula is C14H11N5O3S. The number of carbonyl (C=O) groups is 1. The lowest BCUT2D eigenvalue weighted by molar-refractivity contribution is -0.452. The highest BCUT2D eigenvalue weighted by atomic mass is 32.1. The van der Waals surface area contributed by atoms with E-state index in [-0.39, 0.29) is 28.2 Å². The van der Waals surface area contributed by atoms with Crippen molar-refractivity contribution in [3.05, 3.63) is 52.5 Å². The van der Waals surface area contributed by atoms with Crippen LogP contribution in [0.15, 0.2) is 36.7 Å². The molecule has 3 rings (SSSR count). The third-order valence-corrected chi connectivity index (χ3v) is 3.51. The number of aromatic nitrogens is 4. The molecule has 0 aliphatic carbocycles. The minimum Gasteiger partial charge on any atom is -0.805 e. The summed E-state index contributed by atoms with van der Waals surface area (Å²) in [7, 11) is 1.66. The summed E-state index contributed by atoms with van der Waals surface area (Å²) in [6.45, 7) is 0. The number of thiocarbonyl (C=S) groups is 1. The summed E-state index contributed by atoms with van der Waals surface area (Å²) < 4.78 is 2.50. The minimum atomic E-state index is -0.775. The number of aryl methyl sites for hydroxylation is 1. The fourth-order valence-electron chi connectivity index (χ4n) is 2.35. The zero-order valence-electron chi connectivity index (χ0n) is 12.0. The van der Waals surface area contributed by atoms with E-state index >= 15 is 0 Å². The molecule has 9 heteroatoms. The second-order valence-electron chi connectivity index (χ2n) is 4.73. The molecule has 2 heterocycles. The van der Waals surface area contributed by atoms with E-state index in [1.54, 1.807) is 29.9 Å². The van der Waals surface area contributed by atoms with E-state index in [0.717, 1.165) is 5.49 Å². The molecule has 116 valence electrons. The maximum atomic E-state index is 12.8. The Bertz CT molecular complexity index is 992. The van der Waals surface area contributed by atoms with Crippen molar-refractivity contribution >= 4 is 34.6 Å². The maximum absolute atomic E-state index is 12.8. The summed E-state index contributed by atoms with van der Waals surface area (Å²) in [6.07, 6.45) is 3.08. The quantitative estimate of drug-likeness (QED) is 0.571. The number of imidazole rings is 1. The first-order valence-electron chi connectivity index (χ1n) is 6.56. The molecule has 0 saturated carbocycles. The van der Waals surface area contributed by atoms with Gasteiger partial charge in [-0.3, -0.25) is 4.79 Å². The van der Waals surface area contributed by atoms with Gasteiger partial charge < -0.3 is 19.8 Å². The predicted octanol–water partition coefficient (Wildman–Crippen LogP) is 0.989. The lowest BCUT2D eigenvalue weighted by Crippen LogP contribution is -2.33. The summed E-state index contributed by atoms with van der Waals surface area (Å²) in [5, 5.41) is 14.9. The monoisotopic (exact) mass is 329 g/mol. The van der Waals surface area contributed by atoms with E-state index < -0.39 is 5.91 Å². The Balaban J connectivity index is 2.50. The Morgan fingerprint density at radius 2 is 2.17 bits per heavy atom. The molecule has 0 aliphatic heterocycles. The van der Waals surface area contributed by atoms with Crippen LogP contribution in [0, 0.1) is 10.1 Å². The molecule has 0 atom stereocenters. The van der Waals surface area contributed by atoms with Gasteiger partial charge in [-0.2, -0.15) is 0 Å². The molecule has 0 fully saturated rings. The first-order valence-corrected chi connectivity index (χ1v) is 7.03. The van der Waals surface area contributed by atoms with Gasteiger partial charge in [-0.25, -0.2) is 4.98 Å². The van der Waals surface area contributed by atoms with Crippen molar-refractivity contribution in [3.63, 3.8) is 0 Å². The fourth-order valence-corrected chi connectivity index (χ4v) is 2.46. The first kappa shape index (κ1) is 14.9. The van der Waals surface area contributed by atoms with Crippen LogP contribution >= 0.6 is 12.2 Å². The largest absolute Gasteiger partial charge is 0.805 e. The number of carbonyl (C=O) groups excluding carboxylic acids is 1. The molecule has 23 heavy (non-hydrogen) atoms. The summed E-state index contributed by atoms with van der Waals surface area (Å²) in [5.74, 6) is -0.576. The number of amides is 1. The molecule has 2 aromatic heterocycles. The Morgan fingerprint density at radius 3 is 2.83 bits per heavy atom. The van der Waals surface area contributed by atoms with E-state index in [2.05, 4.69) is 22.5 Å². The summed E-state index contributed by atoms with van der Waals surface area (Å²) in [6, 6.07) is 6.21. The lowest BCUT2D eigenvalue weighted by atomic mass is 10.2. The number of nitrogens with zero attached hydrogens (tertiary/aromatic N) is 4. The smallest absolute Gasteiger partial charge is 0.334 e. The highest BCUT2D eigenvalue weighted by Gasteiger charge is 2.30. The van der Waals surface area contributed by atoms with Crippen molar-refractivity contribution in [2.45, 2.75) is 0 Å². The van der Waals surface area contributed by atoms with Crippen molar-refractivity contribution in [3.8, 4) is 11.5 Å². The van der Waals surface area contributed by atoms with Gasteiger partial charge in [0.2, 0.25) is 5.82 Å². The molecule has 1 N–H and O–H groups in total. The SMILES string of the molecule is Cn1ccnc1-c1c(C(=O)NC=S)n([O-])c2ccccc2[n+]1=O. The van der Waals surface area contributed by atoms with Gasteiger partial charge in [-0.15, -0.1) is 0 Å². The van der Waals surface area contributed by atoms with E-state index in [9.17, 15) is 14.9 Å². The average molecular weight is 329 g/mol. The van der Waals surface area contributed by atoms with E-state index in [1.807, 2.05) is 0 Å².